The molecule has 0 aliphatic carbocycles. The summed E-state index contributed by atoms with van der Waals surface area (Å²) in [5.41, 5.74) is 0. The number of hydrogen-bond donors (Lipinski definition) is 1. The second-order valence-electron chi connectivity index (χ2n) is 4.81. The normalized spacial score (nSPS) is 11.4. The molecule has 1 rings (SSSR count). The molecular weight excluding hydrogens is 246 g/mol. The lowest BCUT2D eigenvalue weighted by atomic mass is 10.2. The van der Waals surface area contributed by atoms with Crippen LogP contribution in [0.3, 0.4) is 0 Å². The Morgan fingerprint density at radius 2 is 2.16 bits per heavy atom. The van der Waals surface area contributed by atoms with Crippen molar-refractivity contribution in [2.75, 3.05) is 33.5 Å². The number of methoxy groups -OCH3 is 1. The van der Waals surface area contributed by atoms with Crippen molar-refractivity contribution in [2.24, 2.45) is 5.92 Å². The van der Waals surface area contributed by atoms with Crippen LogP contribution in [0.15, 0.2) is 0 Å². The zero-order valence-electron chi connectivity index (χ0n) is 12.1. The number of ether oxygens (including phenoxy) is 2. The van der Waals surface area contributed by atoms with Gasteiger partial charge in [-0.05, 0) is 22.8 Å². The molecule has 0 radical (unpaired) electrons. The van der Waals surface area contributed by atoms with E-state index < -0.39 is 0 Å². The van der Waals surface area contributed by atoms with Gasteiger partial charge in [0.25, 0.3) is 0 Å². The Morgan fingerprint density at radius 3 is 2.89 bits per heavy atom. The quantitative estimate of drug-likeness (QED) is 0.590. The van der Waals surface area contributed by atoms with E-state index in [4.69, 9.17) is 9.47 Å². The van der Waals surface area contributed by atoms with E-state index in [1.54, 1.807) is 7.11 Å². The zero-order valence-corrected chi connectivity index (χ0v) is 12.1. The molecule has 0 amide bonds. The monoisotopic (exact) mass is 271 g/mol. The van der Waals surface area contributed by atoms with E-state index in [2.05, 4.69) is 34.7 Å². The van der Waals surface area contributed by atoms with E-state index in [1.165, 1.54) is 0 Å². The number of hydrogen-bond acceptors (Lipinski definition) is 6. The summed E-state index contributed by atoms with van der Waals surface area (Å²) in [4.78, 5) is 0. The second-order valence-corrected chi connectivity index (χ2v) is 4.81. The van der Waals surface area contributed by atoms with Gasteiger partial charge in [0.15, 0.2) is 5.82 Å². The van der Waals surface area contributed by atoms with Gasteiger partial charge in [-0.25, -0.2) is 4.68 Å². The van der Waals surface area contributed by atoms with Crippen LogP contribution in [-0.4, -0.2) is 53.7 Å². The van der Waals surface area contributed by atoms with Crippen molar-refractivity contribution in [2.45, 2.75) is 33.4 Å². The highest BCUT2D eigenvalue weighted by molar-refractivity contribution is 4.79. The van der Waals surface area contributed by atoms with Crippen molar-refractivity contribution in [3.63, 3.8) is 0 Å². The average molecular weight is 271 g/mol. The molecule has 110 valence electrons. The van der Waals surface area contributed by atoms with Crippen molar-refractivity contribution in [3.8, 4) is 0 Å². The predicted octanol–water partition coefficient (Wildman–Crippen LogP) is 0.472. The Labute approximate surface area is 114 Å². The first kappa shape index (κ1) is 16.0. The Balaban J connectivity index is 2.17. The summed E-state index contributed by atoms with van der Waals surface area (Å²) in [6.45, 7) is 8.76. The minimum absolute atomic E-state index is 0.577. The second kappa shape index (κ2) is 9.82. The number of nitrogens with one attached hydrogen (secondary N) is 1. The minimum Gasteiger partial charge on any atom is -0.383 e. The fourth-order valence-corrected chi connectivity index (χ4v) is 1.53. The predicted molar refractivity (Wildman–Crippen MR) is 71.7 cm³/mol. The number of aromatic nitrogens is 4. The Morgan fingerprint density at radius 1 is 1.32 bits per heavy atom. The Kier molecular flexibility index (Phi) is 8.28. The number of rotatable bonds is 11. The van der Waals surface area contributed by atoms with Gasteiger partial charge in [0.1, 0.15) is 0 Å². The van der Waals surface area contributed by atoms with E-state index in [0.717, 1.165) is 38.5 Å². The third-order valence-electron chi connectivity index (χ3n) is 2.48. The van der Waals surface area contributed by atoms with Gasteiger partial charge in [-0.2, -0.15) is 0 Å². The minimum atomic E-state index is 0.577. The van der Waals surface area contributed by atoms with Crippen LogP contribution in [0.4, 0.5) is 0 Å². The SMILES string of the molecule is COCCNCc1nnnn1CCCOCC(C)C. The lowest BCUT2D eigenvalue weighted by molar-refractivity contribution is 0.104. The summed E-state index contributed by atoms with van der Waals surface area (Å²) in [5.74, 6) is 1.42. The van der Waals surface area contributed by atoms with Crippen LogP contribution in [0.1, 0.15) is 26.1 Å². The lowest BCUT2D eigenvalue weighted by Gasteiger charge is -2.08. The number of nitrogens with zero attached hydrogens (tertiary/aromatic N) is 4. The molecule has 0 bridgehead atoms. The van der Waals surface area contributed by atoms with Crippen molar-refractivity contribution >= 4 is 0 Å². The van der Waals surface area contributed by atoms with E-state index in [0.29, 0.717) is 19.1 Å². The molecule has 0 aliphatic rings. The average Bonchev–Trinajstić information content (AvgIpc) is 2.81. The Bertz CT molecular complexity index is 330. The van der Waals surface area contributed by atoms with E-state index in [1.807, 2.05) is 4.68 Å². The van der Waals surface area contributed by atoms with Crippen LogP contribution in [0, 0.1) is 5.92 Å². The molecule has 1 aromatic heterocycles. The fourth-order valence-electron chi connectivity index (χ4n) is 1.53. The standard InChI is InChI=1S/C12H25N5O2/c1-11(2)10-19-7-4-6-17-12(14-15-16-17)9-13-5-8-18-3/h11,13H,4-10H2,1-3H3. The summed E-state index contributed by atoms with van der Waals surface area (Å²) in [7, 11) is 1.68. The zero-order chi connectivity index (χ0) is 13.9. The van der Waals surface area contributed by atoms with Crippen molar-refractivity contribution in [3.05, 3.63) is 5.82 Å². The van der Waals surface area contributed by atoms with Gasteiger partial charge in [0.05, 0.1) is 13.2 Å². The van der Waals surface area contributed by atoms with Gasteiger partial charge in [-0.15, -0.1) is 5.10 Å². The molecule has 1 aromatic rings. The smallest absolute Gasteiger partial charge is 0.165 e. The first-order valence-electron chi connectivity index (χ1n) is 6.76. The first-order valence-corrected chi connectivity index (χ1v) is 6.76. The van der Waals surface area contributed by atoms with Gasteiger partial charge in [-0.3, -0.25) is 0 Å². The van der Waals surface area contributed by atoms with Gasteiger partial charge in [0.2, 0.25) is 0 Å². The molecule has 1 N–H and O–H groups in total. The molecule has 1 heterocycles. The van der Waals surface area contributed by atoms with Crippen molar-refractivity contribution < 1.29 is 9.47 Å². The largest absolute Gasteiger partial charge is 0.383 e. The van der Waals surface area contributed by atoms with E-state index in [-0.39, 0.29) is 0 Å². The van der Waals surface area contributed by atoms with Crippen LogP contribution in [0.25, 0.3) is 0 Å². The van der Waals surface area contributed by atoms with Gasteiger partial charge < -0.3 is 14.8 Å². The molecule has 0 atom stereocenters. The summed E-state index contributed by atoms with van der Waals surface area (Å²) >= 11 is 0. The molecule has 0 spiro atoms. The highest BCUT2D eigenvalue weighted by atomic mass is 16.5. The molecule has 0 saturated carbocycles. The topological polar surface area (TPSA) is 74.1 Å². The van der Waals surface area contributed by atoms with Crippen LogP contribution >= 0.6 is 0 Å². The third kappa shape index (κ3) is 7.19. The summed E-state index contributed by atoms with van der Waals surface area (Å²) in [6.07, 6.45) is 0.919. The van der Waals surface area contributed by atoms with Crippen LogP contribution in [0.5, 0.6) is 0 Å². The fraction of sp³-hybridized carbons (Fsp3) is 0.917. The molecular formula is C12H25N5O2. The maximum absolute atomic E-state index is 5.53. The molecule has 0 unspecified atom stereocenters. The summed E-state index contributed by atoms with van der Waals surface area (Å²) in [5, 5.41) is 14.9. The van der Waals surface area contributed by atoms with Crippen LogP contribution < -0.4 is 5.32 Å². The molecule has 7 heteroatoms. The lowest BCUT2D eigenvalue weighted by Crippen LogP contribution is -2.21. The molecule has 7 nitrogen and oxygen atoms in total. The molecule has 0 fully saturated rings. The molecule has 0 saturated heterocycles. The van der Waals surface area contributed by atoms with Crippen LogP contribution in [0.2, 0.25) is 0 Å². The highest BCUT2D eigenvalue weighted by Gasteiger charge is 2.05. The summed E-state index contributed by atoms with van der Waals surface area (Å²) in [6, 6.07) is 0. The number of aryl methyl sites for hydroxylation is 1. The molecule has 19 heavy (non-hydrogen) atoms. The highest BCUT2D eigenvalue weighted by Crippen LogP contribution is 1.97. The van der Waals surface area contributed by atoms with Crippen molar-refractivity contribution in [1.82, 2.24) is 25.5 Å². The number of tetrazole rings is 1. The summed E-state index contributed by atoms with van der Waals surface area (Å²) < 4.78 is 12.3. The van der Waals surface area contributed by atoms with Crippen LogP contribution in [-0.2, 0) is 22.6 Å². The Hall–Kier alpha value is -1.05. The van der Waals surface area contributed by atoms with Gasteiger partial charge in [-0.1, -0.05) is 13.8 Å². The molecule has 0 aliphatic heterocycles. The maximum Gasteiger partial charge on any atom is 0.165 e. The third-order valence-corrected chi connectivity index (χ3v) is 2.48. The van der Waals surface area contributed by atoms with Crippen molar-refractivity contribution in [1.29, 1.82) is 0 Å². The van der Waals surface area contributed by atoms with E-state index >= 15 is 0 Å². The van der Waals surface area contributed by atoms with Gasteiger partial charge in [0, 0.05) is 33.4 Å². The molecule has 0 aromatic carbocycles. The van der Waals surface area contributed by atoms with E-state index in [9.17, 15) is 0 Å². The first-order chi connectivity index (χ1) is 9.24. The van der Waals surface area contributed by atoms with Gasteiger partial charge >= 0.3 is 0 Å². The maximum atomic E-state index is 5.53.